The zero-order valence-electron chi connectivity index (χ0n) is 21.6. The van der Waals surface area contributed by atoms with Crippen molar-refractivity contribution in [3.8, 4) is 11.5 Å². The predicted molar refractivity (Wildman–Crippen MR) is 135 cm³/mol. The third kappa shape index (κ3) is 3.42. The van der Waals surface area contributed by atoms with E-state index in [1.807, 2.05) is 0 Å². The zero-order valence-corrected chi connectivity index (χ0v) is 21.6. The van der Waals surface area contributed by atoms with E-state index in [9.17, 15) is 35.1 Å². The monoisotopic (exact) mass is 528 g/mol. The Kier molecular flexibility index (Phi) is 5.76. The third-order valence-corrected chi connectivity index (χ3v) is 10.1. The summed E-state index contributed by atoms with van der Waals surface area (Å²) >= 11 is 0. The van der Waals surface area contributed by atoms with E-state index in [4.69, 9.17) is 4.74 Å². The maximum atomic E-state index is 13.7. The first-order valence-corrected chi connectivity index (χ1v) is 13.6. The second-order valence-corrected chi connectivity index (χ2v) is 12.0. The molecule has 2 bridgehead atoms. The minimum absolute atomic E-state index is 0.0240. The highest BCUT2D eigenvalue weighted by molar-refractivity contribution is 5.98. The first-order valence-electron chi connectivity index (χ1n) is 13.6. The lowest BCUT2D eigenvalue weighted by Crippen LogP contribution is -2.75. The number of hydrogen-bond donors (Lipinski definition) is 6. The van der Waals surface area contributed by atoms with Gasteiger partial charge in [-0.05, 0) is 49.8 Å². The number of piperidine rings is 1. The van der Waals surface area contributed by atoms with E-state index in [0.717, 1.165) is 24.9 Å². The molecule has 2 aliphatic heterocycles. The van der Waals surface area contributed by atoms with E-state index in [0.29, 0.717) is 30.9 Å². The Morgan fingerprint density at radius 2 is 1.84 bits per heavy atom. The number of aliphatic hydroxyl groups excluding tert-OH is 1. The average Bonchev–Trinajstić information content (AvgIpc) is 3.70. The number of aliphatic carboxylic acids is 1. The number of likely N-dealkylation sites (tertiary alicyclic amines) is 1. The number of amides is 1. The number of nitrogens with one attached hydrogen (secondary N) is 1. The van der Waals surface area contributed by atoms with Gasteiger partial charge in [-0.3, -0.25) is 9.69 Å². The van der Waals surface area contributed by atoms with E-state index in [1.54, 1.807) is 13.0 Å². The standard InChI is InChI=1S/C28H36N2O8/c1-15-22(32)18(24(34)29-26(25(35)36)7-10-38-11-8-26)13-28(37)20-12-17-4-5-19(31)23(33)21(17)27(15,28)6-9-30(20)14-16-2-3-16/h4-5,15-16,20,31-33,37H,2-3,6-14H2,1H3,(H,29,34)(H,35,36)/t15-,20+,27+,28+/m0/s1. The van der Waals surface area contributed by atoms with Crippen LogP contribution in [0.4, 0.5) is 0 Å². The van der Waals surface area contributed by atoms with Gasteiger partial charge in [0.15, 0.2) is 11.5 Å². The second kappa shape index (κ2) is 8.59. The summed E-state index contributed by atoms with van der Waals surface area (Å²) in [5.74, 6) is -2.87. The summed E-state index contributed by atoms with van der Waals surface area (Å²) in [5, 5.41) is 58.4. The molecule has 206 valence electrons. The molecule has 6 N–H and O–H groups in total. The molecular weight excluding hydrogens is 492 g/mol. The van der Waals surface area contributed by atoms with Crippen LogP contribution in [0.25, 0.3) is 0 Å². The number of phenolic OH excluding ortho intramolecular Hbond substituents is 2. The summed E-state index contributed by atoms with van der Waals surface area (Å²) in [6.45, 7) is 3.60. The van der Waals surface area contributed by atoms with Gasteiger partial charge in [-0.15, -0.1) is 0 Å². The predicted octanol–water partition coefficient (Wildman–Crippen LogP) is 1.71. The number of hydrogen-bond acceptors (Lipinski definition) is 8. The largest absolute Gasteiger partial charge is 0.512 e. The minimum Gasteiger partial charge on any atom is -0.512 e. The molecule has 2 saturated heterocycles. The lowest BCUT2D eigenvalue weighted by molar-refractivity contribution is -0.172. The number of aliphatic hydroxyl groups is 2. The fourth-order valence-corrected chi connectivity index (χ4v) is 7.82. The summed E-state index contributed by atoms with van der Waals surface area (Å²) in [5.41, 5.74) is -2.96. The quantitative estimate of drug-likeness (QED) is 0.313. The molecule has 1 amide bonds. The highest BCUT2D eigenvalue weighted by Gasteiger charge is 2.69. The number of rotatable bonds is 5. The van der Waals surface area contributed by atoms with E-state index in [2.05, 4.69) is 10.2 Å². The van der Waals surface area contributed by atoms with Crippen LogP contribution in [0.2, 0.25) is 0 Å². The van der Waals surface area contributed by atoms with Crippen LogP contribution >= 0.6 is 0 Å². The third-order valence-electron chi connectivity index (χ3n) is 10.1. The molecule has 0 spiro atoms. The van der Waals surface area contributed by atoms with E-state index in [1.165, 1.54) is 6.07 Å². The highest BCUT2D eigenvalue weighted by atomic mass is 16.5. The Morgan fingerprint density at radius 3 is 2.50 bits per heavy atom. The molecular formula is C28H36N2O8. The van der Waals surface area contributed by atoms with Crippen LogP contribution in [0.1, 0.15) is 56.6 Å². The smallest absolute Gasteiger partial charge is 0.329 e. The van der Waals surface area contributed by atoms with Crippen LogP contribution in [0.15, 0.2) is 23.5 Å². The number of benzene rings is 1. The fraction of sp³-hybridized carbons (Fsp3) is 0.643. The molecule has 4 atom stereocenters. The maximum absolute atomic E-state index is 13.7. The van der Waals surface area contributed by atoms with Gasteiger partial charge in [0, 0.05) is 62.0 Å². The Balaban J connectivity index is 1.46. The van der Waals surface area contributed by atoms with Gasteiger partial charge in [-0.25, -0.2) is 4.79 Å². The molecule has 10 nitrogen and oxygen atoms in total. The van der Waals surface area contributed by atoms with Crippen molar-refractivity contribution in [1.82, 2.24) is 10.2 Å². The number of ether oxygens (including phenoxy) is 1. The summed E-state index contributed by atoms with van der Waals surface area (Å²) in [4.78, 5) is 28.1. The molecule has 0 unspecified atom stereocenters. The second-order valence-electron chi connectivity index (χ2n) is 12.0. The van der Waals surface area contributed by atoms with Crippen molar-refractivity contribution in [2.24, 2.45) is 11.8 Å². The molecule has 0 radical (unpaired) electrons. The number of carbonyl (C=O) groups excluding carboxylic acids is 1. The first kappa shape index (κ1) is 25.5. The van der Waals surface area contributed by atoms with Gasteiger partial charge in [0.25, 0.3) is 5.91 Å². The normalized spacial score (nSPS) is 34.3. The van der Waals surface area contributed by atoms with Gasteiger partial charge in [-0.1, -0.05) is 13.0 Å². The van der Waals surface area contributed by atoms with Crippen LogP contribution in [0, 0.1) is 11.8 Å². The fourth-order valence-electron chi connectivity index (χ4n) is 7.82. The topological polar surface area (TPSA) is 160 Å². The molecule has 10 heteroatoms. The number of phenols is 2. The molecule has 3 fully saturated rings. The number of nitrogens with zero attached hydrogens (tertiary/aromatic N) is 1. The van der Waals surface area contributed by atoms with Crippen LogP contribution in [-0.2, 0) is 26.2 Å². The van der Waals surface area contributed by atoms with Crippen molar-refractivity contribution in [1.29, 1.82) is 0 Å². The van der Waals surface area contributed by atoms with Crippen molar-refractivity contribution in [2.75, 3.05) is 26.3 Å². The number of carboxylic acid groups (broad SMARTS) is 1. The van der Waals surface area contributed by atoms with Crippen molar-refractivity contribution in [3.05, 3.63) is 34.6 Å². The summed E-state index contributed by atoms with van der Waals surface area (Å²) in [6, 6.07) is 2.86. The molecule has 1 aromatic carbocycles. The van der Waals surface area contributed by atoms with Crippen molar-refractivity contribution in [2.45, 2.75) is 74.5 Å². The van der Waals surface area contributed by atoms with Gasteiger partial charge >= 0.3 is 5.97 Å². The van der Waals surface area contributed by atoms with Gasteiger partial charge in [-0.2, -0.15) is 0 Å². The number of fused-ring (bicyclic) bond motifs is 1. The lowest BCUT2D eigenvalue weighted by atomic mass is 9.46. The molecule has 5 aliphatic rings. The number of aromatic hydroxyl groups is 2. The van der Waals surface area contributed by atoms with Gasteiger partial charge in [0.05, 0.1) is 11.2 Å². The van der Waals surface area contributed by atoms with Gasteiger partial charge in [0.1, 0.15) is 11.3 Å². The van der Waals surface area contributed by atoms with Gasteiger partial charge in [0.2, 0.25) is 0 Å². The van der Waals surface area contributed by atoms with Gasteiger partial charge < -0.3 is 35.6 Å². The van der Waals surface area contributed by atoms with Crippen molar-refractivity contribution < 1.29 is 39.9 Å². The minimum atomic E-state index is -1.54. The molecule has 3 aliphatic carbocycles. The van der Waals surface area contributed by atoms with E-state index in [-0.39, 0.29) is 61.3 Å². The molecule has 6 rings (SSSR count). The Bertz CT molecular complexity index is 1220. The van der Waals surface area contributed by atoms with Crippen LogP contribution in [-0.4, -0.2) is 85.8 Å². The highest BCUT2D eigenvalue weighted by Crippen LogP contribution is 2.64. The average molecular weight is 529 g/mol. The van der Waals surface area contributed by atoms with E-state index >= 15 is 0 Å². The Labute approximate surface area is 220 Å². The summed E-state index contributed by atoms with van der Waals surface area (Å²) < 4.78 is 5.31. The maximum Gasteiger partial charge on any atom is 0.329 e. The molecule has 0 aromatic heterocycles. The first-order chi connectivity index (χ1) is 18.0. The Morgan fingerprint density at radius 1 is 1.13 bits per heavy atom. The van der Waals surface area contributed by atoms with Crippen molar-refractivity contribution in [3.63, 3.8) is 0 Å². The number of allylic oxidation sites excluding steroid dienone is 1. The van der Waals surface area contributed by atoms with Crippen LogP contribution in [0.5, 0.6) is 11.5 Å². The number of carboxylic acids is 1. The summed E-state index contributed by atoms with van der Waals surface area (Å²) in [7, 11) is 0. The zero-order chi connectivity index (χ0) is 27.0. The Hall–Kier alpha value is -2.82. The SMILES string of the molecule is C[C@H]1C(O)=C(C(=O)NC2(C(=O)O)CCOCC2)C[C@@]2(O)[C@H]3Cc4ccc(O)c(O)c4[C@@]12CCN3CC1CC1. The van der Waals surface area contributed by atoms with Crippen LogP contribution in [0.3, 0.4) is 0 Å². The van der Waals surface area contributed by atoms with Crippen molar-refractivity contribution >= 4 is 11.9 Å². The van der Waals surface area contributed by atoms with Crippen LogP contribution < -0.4 is 5.32 Å². The molecule has 1 saturated carbocycles. The summed E-state index contributed by atoms with van der Waals surface area (Å²) in [6.07, 6.45) is 3.14. The molecule has 38 heavy (non-hydrogen) atoms. The lowest BCUT2D eigenvalue weighted by Gasteiger charge is -2.65. The van der Waals surface area contributed by atoms with E-state index < -0.39 is 34.3 Å². The molecule has 2 heterocycles. The molecule has 1 aromatic rings. The number of carbonyl (C=O) groups is 2.